The second kappa shape index (κ2) is 2.58. The van der Waals surface area contributed by atoms with Crippen LogP contribution in [0.1, 0.15) is 12.5 Å². The maximum atomic E-state index is 11.8. The van der Waals surface area contributed by atoms with E-state index in [4.69, 9.17) is 5.11 Å². The van der Waals surface area contributed by atoms with E-state index in [-0.39, 0.29) is 10.6 Å². The quantitative estimate of drug-likeness (QED) is 0.781. The van der Waals surface area contributed by atoms with Gasteiger partial charge in [0.2, 0.25) is 9.84 Å². The van der Waals surface area contributed by atoms with Crippen molar-refractivity contribution in [2.24, 2.45) is 0 Å². The number of hydrogen-bond acceptors (Lipinski definition) is 4. The number of fused-ring (bicyclic) bond motifs is 1. The zero-order chi connectivity index (χ0) is 10.6. The molecule has 0 spiro atoms. The molecule has 1 aliphatic rings. The van der Waals surface area contributed by atoms with E-state index in [9.17, 15) is 13.2 Å². The summed E-state index contributed by atoms with van der Waals surface area (Å²) in [6.45, 7) is 1.26. The number of rotatable bonds is 1. The Labute approximate surface area is 85.1 Å². The number of carboxylic acids is 1. The van der Waals surface area contributed by atoms with Crippen LogP contribution in [0.4, 0.5) is 0 Å². The zero-order valence-corrected chi connectivity index (χ0v) is 8.98. The molecule has 0 bridgehead atoms. The van der Waals surface area contributed by atoms with E-state index in [1.807, 2.05) is 0 Å². The van der Waals surface area contributed by atoms with Crippen LogP contribution < -0.4 is 0 Å². The Hall–Kier alpha value is -0.880. The summed E-state index contributed by atoms with van der Waals surface area (Å²) >= 11 is 1.09. The Morgan fingerprint density at radius 3 is 2.79 bits per heavy atom. The van der Waals surface area contributed by atoms with Crippen LogP contribution in [0.15, 0.2) is 15.7 Å². The van der Waals surface area contributed by atoms with Crippen molar-refractivity contribution >= 4 is 27.1 Å². The molecule has 0 saturated heterocycles. The highest BCUT2D eigenvalue weighted by molar-refractivity contribution is 7.95. The van der Waals surface area contributed by atoms with Gasteiger partial charge in [-0.25, -0.2) is 8.42 Å². The molecule has 6 heteroatoms. The minimum atomic E-state index is -3.68. The molecule has 1 N–H and O–H groups in total. The van der Waals surface area contributed by atoms with Crippen LogP contribution >= 0.6 is 11.3 Å². The van der Waals surface area contributed by atoms with Gasteiger partial charge < -0.3 is 5.11 Å². The third kappa shape index (κ3) is 0.923. The first kappa shape index (κ1) is 9.67. The van der Waals surface area contributed by atoms with Gasteiger partial charge in [0.05, 0.1) is 0 Å². The Balaban J connectivity index is 2.69. The minimum Gasteiger partial charge on any atom is -0.480 e. The van der Waals surface area contributed by atoms with Crippen molar-refractivity contribution < 1.29 is 18.3 Å². The average Bonchev–Trinajstić information content (AvgIpc) is 2.57. The zero-order valence-electron chi connectivity index (χ0n) is 7.35. The van der Waals surface area contributed by atoms with Gasteiger partial charge in [0.1, 0.15) is 4.21 Å². The van der Waals surface area contributed by atoms with E-state index in [2.05, 4.69) is 0 Å². The molecule has 1 aromatic rings. The Kier molecular flexibility index (Phi) is 1.78. The van der Waals surface area contributed by atoms with Crippen molar-refractivity contribution in [2.45, 2.75) is 22.3 Å². The lowest BCUT2D eigenvalue weighted by atomic mass is 10.0. The number of aliphatic carboxylic acids is 1. The molecule has 2 heterocycles. The standard InChI is InChI=1S/C8H8O4S2/c1-8(7(9)10)4-5-2-3-13-6(5)14(8,11)12/h2-3H,4H2,1H3,(H,9,10). The van der Waals surface area contributed by atoms with Crippen molar-refractivity contribution in [3.8, 4) is 0 Å². The molecule has 1 atom stereocenters. The molecule has 14 heavy (non-hydrogen) atoms. The summed E-state index contributed by atoms with van der Waals surface area (Å²) in [5.74, 6) is -1.28. The van der Waals surface area contributed by atoms with Gasteiger partial charge in [0, 0.05) is 6.42 Å². The van der Waals surface area contributed by atoms with Gasteiger partial charge in [-0.15, -0.1) is 11.3 Å². The first-order valence-electron chi connectivity index (χ1n) is 3.94. The summed E-state index contributed by atoms with van der Waals surface area (Å²) in [6.07, 6.45) is 0.0729. The van der Waals surface area contributed by atoms with Crippen LogP contribution in [-0.2, 0) is 21.1 Å². The first-order valence-corrected chi connectivity index (χ1v) is 6.30. The fourth-order valence-corrected chi connectivity index (χ4v) is 4.88. The van der Waals surface area contributed by atoms with Crippen LogP contribution in [0, 0.1) is 0 Å². The van der Waals surface area contributed by atoms with Crippen molar-refractivity contribution in [1.82, 2.24) is 0 Å². The third-order valence-corrected chi connectivity index (χ3v) is 6.47. The summed E-state index contributed by atoms with van der Waals surface area (Å²) in [5, 5.41) is 10.6. The van der Waals surface area contributed by atoms with Crippen LogP contribution in [0.2, 0.25) is 0 Å². The lowest BCUT2D eigenvalue weighted by Gasteiger charge is -2.16. The first-order chi connectivity index (χ1) is 6.39. The predicted octanol–water partition coefficient (Wildman–Crippen LogP) is 0.921. The van der Waals surface area contributed by atoms with E-state index in [0.717, 1.165) is 11.3 Å². The molecule has 76 valence electrons. The highest BCUT2D eigenvalue weighted by Gasteiger charge is 2.54. The molecule has 1 unspecified atom stereocenters. The van der Waals surface area contributed by atoms with Gasteiger partial charge in [-0.1, -0.05) is 0 Å². The fourth-order valence-electron chi connectivity index (χ4n) is 1.54. The van der Waals surface area contributed by atoms with Crippen molar-refractivity contribution in [1.29, 1.82) is 0 Å². The molecule has 4 nitrogen and oxygen atoms in total. The van der Waals surface area contributed by atoms with Crippen LogP contribution in [0.25, 0.3) is 0 Å². The molecule has 2 rings (SSSR count). The minimum absolute atomic E-state index is 0.0729. The van der Waals surface area contributed by atoms with Crippen molar-refractivity contribution in [2.75, 3.05) is 0 Å². The number of sulfone groups is 1. The van der Waals surface area contributed by atoms with Crippen molar-refractivity contribution in [3.63, 3.8) is 0 Å². The third-order valence-electron chi connectivity index (χ3n) is 2.52. The highest BCUT2D eigenvalue weighted by Crippen LogP contribution is 2.42. The normalized spacial score (nSPS) is 28.6. The highest BCUT2D eigenvalue weighted by atomic mass is 32.2. The number of hydrogen-bond donors (Lipinski definition) is 1. The largest absolute Gasteiger partial charge is 0.480 e. The van der Waals surface area contributed by atoms with Crippen LogP contribution in [0.5, 0.6) is 0 Å². The SMILES string of the molecule is CC1(C(=O)O)Cc2ccsc2S1(=O)=O. The summed E-state index contributed by atoms with van der Waals surface area (Å²) in [6, 6.07) is 1.67. The van der Waals surface area contributed by atoms with E-state index in [1.165, 1.54) is 6.92 Å². The summed E-state index contributed by atoms with van der Waals surface area (Å²) in [4.78, 5) is 10.9. The van der Waals surface area contributed by atoms with Gasteiger partial charge in [-0.2, -0.15) is 0 Å². The maximum absolute atomic E-state index is 11.8. The fraction of sp³-hybridized carbons (Fsp3) is 0.375. The van der Waals surface area contributed by atoms with E-state index >= 15 is 0 Å². The van der Waals surface area contributed by atoms with Crippen LogP contribution in [-0.4, -0.2) is 24.2 Å². The Bertz CT molecular complexity index is 499. The molecule has 1 aliphatic heterocycles. The predicted molar refractivity (Wildman–Crippen MR) is 51.2 cm³/mol. The second-order valence-electron chi connectivity index (χ2n) is 3.45. The molecule has 0 saturated carbocycles. The summed E-state index contributed by atoms with van der Waals surface area (Å²) in [5.41, 5.74) is 0.625. The Morgan fingerprint density at radius 1 is 1.64 bits per heavy atom. The van der Waals surface area contributed by atoms with E-state index in [0.29, 0.717) is 5.56 Å². The van der Waals surface area contributed by atoms with Gasteiger partial charge >= 0.3 is 5.97 Å². The number of thiophene rings is 1. The molecule has 0 fully saturated rings. The molecule has 0 aliphatic carbocycles. The van der Waals surface area contributed by atoms with Crippen LogP contribution in [0.3, 0.4) is 0 Å². The molecule has 0 amide bonds. The molecule has 0 radical (unpaired) electrons. The topological polar surface area (TPSA) is 71.4 Å². The number of carboxylic acid groups (broad SMARTS) is 1. The smallest absolute Gasteiger partial charge is 0.325 e. The van der Waals surface area contributed by atoms with Gasteiger partial charge in [-0.3, -0.25) is 4.79 Å². The van der Waals surface area contributed by atoms with E-state index in [1.54, 1.807) is 11.4 Å². The Morgan fingerprint density at radius 2 is 2.29 bits per heavy atom. The monoisotopic (exact) mass is 232 g/mol. The van der Waals surface area contributed by atoms with E-state index < -0.39 is 20.6 Å². The summed E-state index contributed by atoms with van der Waals surface area (Å²) in [7, 11) is -3.68. The average molecular weight is 232 g/mol. The maximum Gasteiger partial charge on any atom is 0.325 e. The molecular weight excluding hydrogens is 224 g/mol. The summed E-state index contributed by atoms with van der Waals surface area (Å²) < 4.78 is 22.2. The number of carbonyl (C=O) groups is 1. The molecule has 1 aromatic heterocycles. The van der Waals surface area contributed by atoms with Gasteiger partial charge in [0.15, 0.2) is 4.75 Å². The molecule has 0 aromatic carbocycles. The van der Waals surface area contributed by atoms with Gasteiger partial charge in [-0.05, 0) is 23.9 Å². The van der Waals surface area contributed by atoms with Gasteiger partial charge in [0.25, 0.3) is 0 Å². The molecular formula is C8H8O4S2. The second-order valence-corrected chi connectivity index (χ2v) is 6.94. The lowest BCUT2D eigenvalue weighted by molar-refractivity contribution is -0.139. The van der Waals surface area contributed by atoms with Crippen molar-refractivity contribution in [3.05, 3.63) is 17.0 Å². The lowest BCUT2D eigenvalue weighted by Crippen LogP contribution is -2.41.